The molecule has 3 fully saturated rings. The van der Waals surface area contributed by atoms with Crippen LogP contribution in [0.4, 0.5) is 4.79 Å². The first kappa shape index (κ1) is 16.1. The molecule has 1 aliphatic carbocycles. The van der Waals surface area contributed by atoms with Crippen LogP contribution in [0.5, 0.6) is 0 Å². The van der Waals surface area contributed by atoms with Gasteiger partial charge in [0.25, 0.3) is 0 Å². The molecular weight excluding hydrogens is 278 g/mol. The molecule has 0 spiro atoms. The Labute approximate surface area is 134 Å². The van der Waals surface area contributed by atoms with Crippen LogP contribution in [0, 0.1) is 0 Å². The number of ether oxygens (including phenoxy) is 1. The summed E-state index contributed by atoms with van der Waals surface area (Å²) in [6.07, 6.45) is 9.21. The summed E-state index contributed by atoms with van der Waals surface area (Å²) in [5, 5.41) is 3.32. The summed E-state index contributed by atoms with van der Waals surface area (Å²) < 4.78 is 5.73. The standard InChI is InChI=1S/C17H31N3O2/c1-18-14-4-6-16(7-5-14)22-17(21)20-12-8-15(9-13-20)19-10-2-3-11-19/h14-16,18H,2-13H2,1H3. The van der Waals surface area contributed by atoms with E-state index >= 15 is 0 Å². The molecule has 1 N–H and O–H groups in total. The van der Waals surface area contributed by atoms with E-state index in [-0.39, 0.29) is 12.2 Å². The highest BCUT2D eigenvalue weighted by Crippen LogP contribution is 2.24. The minimum absolute atomic E-state index is 0.0761. The fourth-order valence-electron chi connectivity index (χ4n) is 4.21. The van der Waals surface area contributed by atoms with Crippen molar-refractivity contribution in [3.63, 3.8) is 0 Å². The summed E-state index contributed by atoms with van der Waals surface area (Å²) in [6, 6.07) is 1.30. The van der Waals surface area contributed by atoms with E-state index in [9.17, 15) is 4.79 Å². The van der Waals surface area contributed by atoms with Crippen LogP contribution in [0.25, 0.3) is 0 Å². The number of rotatable bonds is 3. The number of carbonyl (C=O) groups is 1. The second-order valence-electron chi connectivity index (χ2n) is 7.11. The number of carbonyl (C=O) groups excluding carboxylic acids is 1. The van der Waals surface area contributed by atoms with Crippen molar-refractivity contribution in [1.82, 2.24) is 15.1 Å². The van der Waals surface area contributed by atoms with Crippen molar-refractivity contribution in [2.24, 2.45) is 0 Å². The zero-order valence-corrected chi connectivity index (χ0v) is 13.9. The Bertz CT molecular complexity index is 355. The lowest BCUT2D eigenvalue weighted by atomic mass is 9.93. The van der Waals surface area contributed by atoms with Gasteiger partial charge in [0.1, 0.15) is 6.10 Å². The minimum Gasteiger partial charge on any atom is -0.446 e. The number of hydrogen-bond donors (Lipinski definition) is 1. The Balaban J connectivity index is 1.38. The molecule has 0 unspecified atom stereocenters. The van der Waals surface area contributed by atoms with Crippen LogP contribution < -0.4 is 5.32 Å². The maximum absolute atomic E-state index is 12.3. The molecule has 1 saturated carbocycles. The highest BCUT2D eigenvalue weighted by molar-refractivity contribution is 5.68. The summed E-state index contributed by atoms with van der Waals surface area (Å²) >= 11 is 0. The Hall–Kier alpha value is -0.810. The number of nitrogens with one attached hydrogen (secondary N) is 1. The molecule has 1 amide bonds. The van der Waals surface area contributed by atoms with E-state index in [1.54, 1.807) is 0 Å². The van der Waals surface area contributed by atoms with E-state index in [4.69, 9.17) is 4.74 Å². The zero-order valence-electron chi connectivity index (χ0n) is 13.9. The second-order valence-corrected chi connectivity index (χ2v) is 7.11. The number of hydrogen-bond acceptors (Lipinski definition) is 4. The predicted molar refractivity (Wildman–Crippen MR) is 87.0 cm³/mol. The number of nitrogens with zero attached hydrogens (tertiary/aromatic N) is 2. The molecule has 0 aromatic rings. The Morgan fingerprint density at radius 3 is 2.18 bits per heavy atom. The third-order valence-corrected chi connectivity index (χ3v) is 5.73. The van der Waals surface area contributed by atoms with Crippen LogP contribution in [0.2, 0.25) is 0 Å². The van der Waals surface area contributed by atoms with E-state index in [1.165, 1.54) is 25.9 Å². The summed E-state index contributed by atoms with van der Waals surface area (Å²) in [5.41, 5.74) is 0. The van der Waals surface area contributed by atoms with Crippen LogP contribution in [-0.4, -0.2) is 67.3 Å². The van der Waals surface area contributed by atoms with Gasteiger partial charge in [-0.15, -0.1) is 0 Å². The maximum Gasteiger partial charge on any atom is 0.410 e. The van der Waals surface area contributed by atoms with Gasteiger partial charge < -0.3 is 19.9 Å². The van der Waals surface area contributed by atoms with Gasteiger partial charge in [0.05, 0.1) is 0 Å². The van der Waals surface area contributed by atoms with Gasteiger partial charge in [-0.2, -0.15) is 0 Å². The van der Waals surface area contributed by atoms with Crippen molar-refractivity contribution in [1.29, 1.82) is 0 Å². The molecule has 0 radical (unpaired) electrons. The first-order valence-corrected chi connectivity index (χ1v) is 9.13. The normalized spacial score (nSPS) is 31.4. The van der Waals surface area contributed by atoms with Crippen molar-refractivity contribution in [3.05, 3.63) is 0 Å². The lowest BCUT2D eigenvalue weighted by Gasteiger charge is -2.37. The topological polar surface area (TPSA) is 44.8 Å². The SMILES string of the molecule is CNC1CCC(OC(=O)N2CCC(N3CCCC3)CC2)CC1. The van der Waals surface area contributed by atoms with Crippen LogP contribution in [0.1, 0.15) is 51.4 Å². The Kier molecular flexibility index (Phi) is 5.58. The van der Waals surface area contributed by atoms with Crippen molar-refractivity contribution in [2.45, 2.75) is 69.6 Å². The largest absolute Gasteiger partial charge is 0.446 e. The van der Waals surface area contributed by atoms with Gasteiger partial charge in [0.15, 0.2) is 0 Å². The first-order chi connectivity index (χ1) is 10.8. The molecule has 2 aliphatic heterocycles. The summed E-state index contributed by atoms with van der Waals surface area (Å²) in [6.45, 7) is 4.24. The Morgan fingerprint density at radius 1 is 0.955 bits per heavy atom. The lowest BCUT2D eigenvalue weighted by Crippen LogP contribution is -2.47. The van der Waals surface area contributed by atoms with Gasteiger partial charge in [0, 0.05) is 25.2 Å². The summed E-state index contributed by atoms with van der Waals surface area (Å²) in [4.78, 5) is 16.9. The van der Waals surface area contributed by atoms with E-state index < -0.39 is 0 Å². The molecule has 22 heavy (non-hydrogen) atoms. The molecule has 2 saturated heterocycles. The van der Waals surface area contributed by atoms with Crippen LogP contribution in [0.3, 0.4) is 0 Å². The molecule has 5 nitrogen and oxygen atoms in total. The summed E-state index contributed by atoms with van der Waals surface area (Å²) in [5.74, 6) is 0. The minimum atomic E-state index is -0.0761. The molecule has 0 aromatic carbocycles. The molecule has 5 heteroatoms. The maximum atomic E-state index is 12.3. The molecule has 0 atom stereocenters. The molecule has 126 valence electrons. The number of piperidine rings is 1. The monoisotopic (exact) mass is 309 g/mol. The average molecular weight is 309 g/mol. The average Bonchev–Trinajstić information content (AvgIpc) is 3.10. The summed E-state index contributed by atoms with van der Waals surface area (Å²) in [7, 11) is 2.02. The third kappa shape index (κ3) is 3.93. The van der Waals surface area contributed by atoms with Gasteiger partial charge >= 0.3 is 6.09 Å². The van der Waals surface area contributed by atoms with E-state index in [2.05, 4.69) is 10.2 Å². The molecular formula is C17H31N3O2. The number of amides is 1. The van der Waals surface area contributed by atoms with Crippen molar-refractivity contribution >= 4 is 6.09 Å². The first-order valence-electron chi connectivity index (χ1n) is 9.13. The van der Waals surface area contributed by atoms with E-state index in [0.29, 0.717) is 12.1 Å². The Morgan fingerprint density at radius 2 is 1.59 bits per heavy atom. The van der Waals surface area contributed by atoms with Gasteiger partial charge in [-0.3, -0.25) is 0 Å². The zero-order chi connectivity index (χ0) is 15.4. The number of likely N-dealkylation sites (tertiary alicyclic amines) is 2. The lowest BCUT2D eigenvalue weighted by molar-refractivity contribution is 0.0307. The van der Waals surface area contributed by atoms with Crippen LogP contribution in [0.15, 0.2) is 0 Å². The fourth-order valence-corrected chi connectivity index (χ4v) is 4.21. The fraction of sp³-hybridized carbons (Fsp3) is 0.941. The van der Waals surface area contributed by atoms with Gasteiger partial charge in [0.2, 0.25) is 0 Å². The van der Waals surface area contributed by atoms with Gasteiger partial charge in [-0.05, 0) is 71.5 Å². The van der Waals surface area contributed by atoms with Gasteiger partial charge in [-0.25, -0.2) is 4.79 Å². The third-order valence-electron chi connectivity index (χ3n) is 5.73. The molecule has 0 aromatic heterocycles. The van der Waals surface area contributed by atoms with Crippen molar-refractivity contribution in [3.8, 4) is 0 Å². The molecule has 0 bridgehead atoms. The molecule has 3 rings (SSSR count). The highest BCUT2D eigenvalue weighted by Gasteiger charge is 2.30. The van der Waals surface area contributed by atoms with Gasteiger partial charge in [-0.1, -0.05) is 0 Å². The molecule has 2 heterocycles. The van der Waals surface area contributed by atoms with Crippen LogP contribution >= 0.6 is 0 Å². The quantitative estimate of drug-likeness (QED) is 0.868. The van der Waals surface area contributed by atoms with Crippen LogP contribution in [-0.2, 0) is 4.74 Å². The smallest absolute Gasteiger partial charge is 0.410 e. The second kappa shape index (κ2) is 7.64. The highest BCUT2D eigenvalue weighted by atomic mass is 16.6. The predicted octanol–water partition coefficient (Wildman–Crippen LogP) is 2.21. The van der Waals surface area contributed by atoms with E-state index in [1.807, 2.05) is 11.9 Å². The van der Waals surface area contributed by atoms with E-state index in [0.717, 1.165) is 51.6 Å². The van der Waals surface area contributed by atoms with Crippen molar-refractivity contribution in [2.75, 3.05) is 33.2 Å². The molecule has 3 aliphatic rings. The van der Waals surface area contributed by atoms with Crippen molar-refractivity contribution < 1.29 is 9.53 Å².